The highest BCUT2D eigenvalue weighted by Gasteiger charge is 2.54. The normalized spacial score (nSPS) is 24.1. The van der Waals surface area contributed by atoms with Crippen LogP contribution in [0.2, 0.25) is 0 Å². The molecule has 0 bridgehead atoms. The van der Waals surface area contributed by atoms with Gasteiger partial charge in [0, 0.05) is 5.92 Å². The van der Waals surface area contributed by atoms with Crippen LogP contribution in [0.3, 0.4) is 0 Å². The van der Waals surface area contributed by atoms with E-state index < -0.39 is 5.41 Å². The van der Waals surface area contributed by atoms with E-state index in [-0.39, 0.29) is 11.8 Å². The standard InChI is InChI=1S/C16H14N4O2/c17-6-12-14(18)22-15-13(7-19-20-15)16(12,11-8-21-9-11)10-4-2-1-3-5-10/h1-5,7,11H,8-9,18H2,(H,19,20). The average molecular weight is 294 g/mol. The third kappa shape index (κ3) is 1.49. The lowest BCUT2D eigenvalue weighted by Gasteiger charge is -2.46. The van der Waals surface area contributed by atoms with E-state index in [1.807, 2.05) is 30.3 Å². The molecule has 1 fully saturated rings. The number of H-pyrrole nitrogens is 1. The lowest BCUT2D eigenvalue weighted by atomic mass is 9.61. The zero-order valence-electron chi connectivity index (χ0n) is 11.7. The van der Waals surface area contributed by atoms with Gasteiger partial charge in [0.25, 0.3) is 0 Å². The van der Waals surface area contributed by atoms with Crippen molar-refractivity contribution in [2.24, 2.45) is 11.7 Å². The first kappa shape index (κ1) is 12.9. The first-order chi connectivity index (χ1) is 10.8. The second-order valence-electron chi connectivity index (χ2n) is 5.47. The van der Waals surface area contributed by atoms with E-state index in [1.165, 1.54) is 0 Å². The Kier molecular flexibility index (Phi) is 2.71. The number of hydrogen-bond donors (Lipinski definition) is 2. The highest BCUT2D eigenvalue weighted by atomic mass is 16.5. The molecule has 22 heavy (non-hydrogen) atoms. The fraction of sp³-hybridized carbons (Fsp3) is 0.250. The Morgan fingerprint density at radius 2 is 2.09 bits per heavy atom. The maximum Gasteiger partial charge on any atom is 0.221 e. The summed E-state index contributed by atoms with van der Waals surface area (Å²) in [5, 5.41) is 16.7. The van der Waals surface area contributed by atoms with Gasteiger partial charge in [-0.25, -0.2) is 5.10 Å². The van der Waals surface area contributed by atoms with Gasteiger partial charge >= 0.3 is 0 Å². The van der Waals surface area contributed by atoms with Gasteiger partial charge in [0.15, 0.2) is 0 Å². The molecule has 2 aromatic rings. The number of aromatic nitrogens is 2. The molecule has 1 aromatic heterocycles. The van der Waals surface area contributed by atoms with Crippen molar-refractivity contribution >= 4 is 0 Å². The molecule has 1 unspecified atom stereocenters. The van der Waals surface area contributed by atoms with Crippen molar-refractivity contribution in [3.8, 4) is 11.9 Å². The quantitative estimate of drug-likeness (QED) is 0.873. The predicted octanol–water partition coefficient (Wildman–Crippen LogP) is 1.43. The predicted molar refractivity (Wildman–Crippen MR) is 77.6 cm³/mol. The highest BCUT2D eigenvalue weighted by molar-refractivity contribution is 5.60. The fourth-order valence-corrected chi connectivity index (χ4v) is 3.41. The van der Waals surface area contributed by atoms with Crippen LogP contribution in [0.5, 0.6) is 5.88 Å². The summed E-state index contributed by atoms with van der Waals surface area (Å²) in [6.45, 7) is 1.13. The van der Waals surface area contributed by atoms with Crippen LogP contribution in [0.15, 0.2) is 48.0 Å². The van der Waals surface area contributed by atoms with Crippen molar-refractivity contribution in [3.63, 3.8) is 0 Å². The minimum absolute atomic E-state index is 0.114. The summed E-state index contributed by atoms with van der Waals surface area (Å²) >= 11 is 0. The van der Waals surface area contributed by atoms with Gasteiger partial charge in [-0.3, -0.25) is 0 Å². The van der Waals surface area contributed by atoms with Crippen LogP contribution in [0, 0.1) is 17.2 Å². The number of hydrogen-bond acceptors (Lipinski definition) is 5. The van der Waals surface area contributed by atoms with Crippen molar-refractivity contribution in [3.05, 3.63) is 59.1 Å². The van der Waals surface area contributed by atoms with Crippen molar-refractivity contribution in [1.82, 2.24) is 10.2 Å². The molecule has 6 nitrogen and oxygen atoms in total. The van der Waals surface area contributed by atoms with Crippen molar-refractivity contribution in [1.29, 1.82) is 5.26 Å². The molecule has 0 radical (unpaired) electrons. The zero-order valence-corrected chi connectivity index (χ0v) is 11.7. The number of nitrogens with zero attached hydrogens (tertiary/aromatic N) is 2. The first-order valence-electron chi connectivity index (χ1n) is 7.03. The second-order valence-corrected chi connectivity index (χ2v) is 5.47. The number of nitrogens with two attached hydrogens (primary N) is 1. The van der Waals surface area contributed by atoms with Gasteiger partial charge in [-0.1, -0.05) is 30.3 Å². The van der Waals surface area contributed by atoms with Gasteiger partial charge < -0.3 is 15.2 Å². The van der Waals surface area contributed by atoms with Crippen LogP contribution in [-0.2, 0) is 10.2 Å². The second kappa shape index (κ2) is 4.61. The number of ether oxygens (including phenoxy) is 2. The van der Waals surface area contributed by atoms with E-state index in [2.05, 4.69) is 16.3 Å². The molecule has 2 aliphatic heterocycles. The largest absolute Gasteiger partial charge is 0.422 e. The van der Waals surface area contributed by atoms with Crippen LogP contribution in [0.4, 0.5) is 0 Å². The van der Waals surface area contributed by atoms with Gasteiger partial charge in [-0.05, 0) is 5.56 Å². The Morgan fingerprint density at radius 3 is 2.73 bits per heavy atom. The Labute approximate surface area is 127 Å². The first-order valence-corrected chi connectivity index (χ1v) is 7.03. The molecule has 2 aliphatic rings. The van der Waals surface area contributed by atoms with Gasteiger partial charge in [-0.15, -0.1) is 0 Å². The highest BCUT2D eigenvalue weighted by Crippen LogP contribution is 2.53. The summed E-state index contributed by atoms with van der Waals surface area (Å²) in [5.74, 6) is 0.727. The molecule has 4 rings (SSSR count). The monoisotopic (exact) mass is 294 g/mol. The van der Waals surface area contributed by atoms with Crippen LogP contribution < -0.4 is 10.5 Å². The number of benzene rings is 1. The number of nitriles is 1. The van der Waals surface area contributed by atoms with Crippen molar-refractivity contribution < 1.29 is 9.47 Å². The molecular formula is C16H14N4O2. The topological polar surface area (TPSA) is 97.0 Å². The Bertz CT molecular complexity index is 786. The summed E-state index contributed by atoms with van der Waals surface area (Å²) < 4.78 is 11.0. The lowest BCUT2D eigenvalue weighted by molar-refractivity contribution is -0.0568. The number of nitrogens with one attached hydrogen (secondary N) is 1. The smallest absolute Gasteiger partial charge is 0.221 e. The third-order valence-electron chi connectivity index (χ3n) is 4.47. The van der Waals surface area contributed by atoms with E-state index >= 15 is 0 Å². The Morgan fingerprint density at radius 1 is 1.32 bits per heavy atom. The maximum absolute atomic E-state index is 9.75. The SMILES string of the molecule is N#CC1=C(N)Oc2[nH]ncc2C1(c1ccccc1)C1COC1. The van der Waals surface area contributed by atoms with E-state index in [9.17, 15) is 5.26 Å². The summed E-state index contributed by atoms with van der Waals surface area (Å²) in [5.41, 5.74) is 7.60. The number of allylic oxidation sites excluding steroid dienone is 1. The molecule has 0 amide bonds. The molecule has 6 heteroatoms. The van der Waals surface area contributed by atoms with Crippen LogP contribution in [0.1, 0.15) is 11.1 Å². The van der Waals surface area contributed by atoms with E-state index in [0.29, 0.717) is 24.7 Å². The number of fused-ring (bicyclic) bond motifs is 1. The van der Waals surface area contributed by atoms with Gasteiger partial charge in [-0.2, -0.15) is 10.4 Å². The molecule has 3 heterocycles. The summed E-state index contributed by atoms with van der Waals surface area (Å²) in [7, 11) is 0. The molecule has 0 saturated carbocycles. The van der Waals surface area contributed by atoms with Gasteiger partial charge in [0.1, 0.15) is 11.6 Å². The maximum atomic E-state index is 9.75. The third-order valence-corrected chi connectivity index (χ3v) is 4.47. The Balaban J connectivity index is 2.07. The van der Waals surface area contributed by atoms with Crippen LogP contribution in [0.25, 0.3) is 0 Å². The summed E-state index contributed by atoms with van der Waals surface area (Å²) in [6, 6.07) is 12.1. The molecule has 0 aliphatic carbocycles. The number of rotatable bonds is 2. The molecule has 1 atom stereocenters. The molecule has 1 aromatic carbocycles. The van der Waals surface area contributed by atoms with E-state index in [1.54, 1.807) is 6.20 Å². The van der Waals surface area contributed by atoms with Crippen LogP contribution in [-0.4, -0.2) is 23.4 Å². The molecule has 3 N–H and O–H groups in total. The lowest BCUT2D eigenvalue weighted by Crippen LogP contribution is -2.50. The van der Waals surface area contributed by atoms with Crippen LogP contribution >= 0.6 is 0 Å². The minimum Gasteiger partial charge on any atom is -0.422 e. The molecule has 0 spiro atoms. The molecule has 110 valence electrons. The van der Waals surface area contributed by atoms with Crippen molar-refractivity contribution in [2.75, 3.05) is 13.2 Å². The summed E-state index contributed by atoms with van der Waals surface area (Å²) in [6.07, 6.45) is 1.71. The zero-order chi connectivity index (χ0) is 15.2. The Hall–Kier alpha value is -2.78. The molecular weight excluding hydrogens is 280 g/mol. The van der Waals surface area contributed by atoms with E-state index in [0.717, 1.165) is 11.1 Å². The molecule has 1 saturated heterocycles. The minimum atomic E-state index is -0.682. The van der Waals surface area contributed by atoms with Gasteiger partial charge in [0.05, 0.1) is 30.4 Å². The van der Waals surface area contributed by atoms with Gasteiger partial charge in [0.2, 0.25) is 11.8 Å². The average Bonchev–Trinajstić information content (AvgIpc) is 2.94. The summed E-state index contributed by atoms with van der Waals surface area (Å²) in [4.78, 5) is 0. The fourth-order valence-electron chi connectivity index (χ4n) is 3.41. The van der Waals surface area contributed by atoms with Crippen molar-refractivity contribution in [2.45, 2.75) is 5.41 Å². The number of aromatic amines is 1. The van der Waals surface area contributed by atoms with E-state index in [4.69, 9.17) is 15.2 Å².